The van der Waals surface area contributed by atoms with Crippen LogP contribution in [-0.4, -0.2) is 12.0 Å². The van der Waals surface area contributed by atoms with Crippen molar-refractivity contribution in [2.45, 2.75) is 6.04 Å². The SMILES string of the molecule is CNC(c1cnc2ccccc2c1)c1cccc(Cl)c1F. The molecule has 1 heterocycles. The largest absolute Gasteiger partial charge is 0.309 e. The molecule has 0 fully saturated rings. The van der Waals surface area contributed by atoms with Gasteiger partial charge in [-0.1, -0.05) is 41.9 Å². The number of halogens is 2. The van der Waals surface area contributed by atoms with Crippen LogP contribution in [0.3, 0.4) is 0 Å². The molecule has 0 saturated carbocycles. The average molecular weight is 301 g/mol. The fraction of sp³-hybridized carbons (Fsp3) is 0.118. The van der Waals surface area contributed by atoms with Gasteiger partial charge in [0.05, 0.1) is 16.6 Å². The van der Waals surface area contributed by atoms with Gasteiger partial charge in [0.15, 0.2) is 0 Å². The minimum atomic E-state index is -0.397. The van der Waals surface area contributed by atoms with Crippen molar-refractivity contribution < 1.29 is 4.39 Å². The van der Waals surface area contributed by atoms with E-state index in [0.29, 0.717) is 5.56 Å². The minimum absolute atomic E-state index is 0.126. The van der Waals surface area contributed by atoms with Crippen molar-refractivity contribution in [1.82, 2.24) is 10.3 Å². The Kier molecular flexibility index (Phi) is 3.86. The molecule has 0 aliphatic heterocycles. The lowest BCUT2D eigenvalue weighted by Gasteiger charge is -2.18. The van der Waals surface area contributed by atoms with Gasteiger partial charge in [-0.25, -0.2) is 4.39 Å². The summed E-state index contributed by atoms with van der Waals surface area (Å²) in [6.45, 7) is 0. The first-order chi connectivity index (χ1) is 10.2. The maximum Gasteiger partial charge on any atom is 0.146 e. The number of aromatic nitrogens is 1. The van der Waals surface area contributed by atoms with Gasteiger partial charge in [-0.3, -0.25) is 4.98 Å². The summed E-state index contributed by atoms with van der Waals surface area (Å²) in [5.41, 5.74) is 2.34. The molecular weight excluding hydrogens is 287 g/mol. The molecule has 0 radical (unpaired) electrons. The van der Waals surface area contributed by atoms with E-state index in [2.05, 4.69) is 10.3 Å². The van der Waals surface area contributed by atoms with E-state index in [1.807, 2.05) is 30.3 Å². The zero-order valence-corrected chi connectivity index (χ0v) is 12.2. The number of para-hydroxylation sites is 1. The molecule has 3 rings (SSSR count). The molecule has 4 heteroatoms. The van der Waals surface area contributed by atoms with Crippen LogP contribution in [0.1, 0.15) is 17.2 Å². The molecule has 1 atom stereocenters. The molecule has 1 unspecified atom stereocenters. The molecular formula is C17H14ClFN2. The third-order valence-electron chi connectivity index (χ3n) is 3.53. The summed E-state index contributed by atoms with van der Waals surface area (Å²) in [6.07, 6.45) is 1.77. The Hall–Kier alpha value is -1.97. The van der Waals surface area contributed by atoms with Gasteiger partial charge in [-0.05, 0) is 30.8 Å². The second-order valence-corrected chi connectivity index (χ2v) is 5.23. The van der Waals surface area contributed by atoms with E-state index >= 15 is 0 Å². The van der Waals surface area contributed by atoms with Crippen LogP contribution in [0.5, 0.6) is 0 Å². The molecule has 21 heavy (non-hydrogen) atoms. The second kappa shape index (κ2) is 5.80. The van der Waals surface area contributed by atoms with E-state index in [-0.39, 0.29) is 11.1 Å². The van der Waals surface area contributed by atoms with E-state index in [4.69, 9.17) is 11.6 Å². The topological polar surface area (TPSA) is 24.9 Å². The van der Waals surface area contributed by atoms with Crippen molar-refractivity contribution >= 4 is 22.5 Å². The Morgan fingerprint density at radius 2 is 1.95 bits per heavy atom. The maximum absolute atomic E-state index is 14.2. The van der Waals surface area contributed by atoms with Crippen LogP contribution in [0.4, 0.5) is 4.39 Å². The van der Waals surface area contributed by atoms with E-state index in [0.717, 1.165) is 16.5 Å². The fourth-order valence-electron chi connectivity index (χ4n) is 2.49. The Morgan fingerprint density at radius 3 is 2.76 bits per heavy atom. The highest BCUT2D eigenvalue weighted by Gasteiger charge is 2.18. The van der Waals surface area contributed by atoms with Crippen molar-refractivity contribution in [2.24, 2.45) is 0 Å². The fourth-order valence-corrected chi connectivity index (χ4v) is 2.67. The zero-order chi connectivity index (χ0) is 14.8. The Labute approximate surface area is 127 Å². The van der Waals surface area contributed by atoms with Gasteiger partial charge in [-0.2, -0.15) is 0 Å². The first kappa shape index (κ1) is 14.0. The Morgan fingerprint density at radius 1 is 1.14 bits per heavy atom. The number of hydrogen-bond donors (Lipinski definition) is 1. The number of benzene rings is 2. The quantitative estimate of drug-likeness (QED) is 0.778. The standard InChI is InChI=1S/C17H14ClFN2/c1-20-17(13-6-4-7-14(18)16(13)19)12-9-11-5-2-3-8-15(11)21-10-12/h2-10,17,20H,1H3. The molecule has 0 saturated heterocycles. The van der Waals surface area contributed by atoms with Gasteiger partial charge in [-0.15, -0.1) is 0 Å². The van der Waals surface area contributed by atoms with Gasteiger partial charge in [0.25, 0.3) is 0 Å². The van der Waals surface area contributed by atoms with Gasteiger partial charge in [0.1, 0.15) is 5.82 Å². The van der Waals surface area contributed by atoms with E-state index < -0.39 is 5.82 Å². The zero-order valence-electron chi connectivity index (χ0n) is 11.5. The van der Waals surface area contributed by atoms with Crippen LogP contribution in [0.2, 0.25) is 5.02 Å². The van der Waals surface area contributed by atoms with Gasteiger partial charge < -0.3 is 5.32 Å². The van der Waals surface area contributed by atoms with Crippen LogP contribution < -0.4 is 5.32 Å². The molecule has 3 aromatic rings. The lowest BCUT2D eigenvalue weighted by atomic mass is 9.98. The molecule has 106 valence electrons. The summed E-state index contributed by atoms with van der Waals surface area (Å²) in [5, 5.41) is 4.28. The molecule has 2 nitrogen and oxygen atoms in total. The molecule has 0 spiro atoms. The highest BCUT2D eigenvalue weighted by molar-refractivity contribution is 6.30. The predicted octanol–water partition coefficient (Wildman–Crippen LogP) is 4.34. The Bertz CT molecular complexity index is 789. The summed E-state index contributed by atoms with van der Waals surface area (Å²) < 4.78 is 14.2. The Balaban J connectivity index is 2.11. The summed E-state index contributed by atoms with van der Waals surface area (Å²) >= 11 is 5.88. The van der Waals surface area contributed by atoms with Crippen LogP contribution in [0.15, 0.2) is 54.7 Å². The van der Waals surface area contributed by atoms with Crippen molar-refractivity contribution in [3.05, 3.63) is 76.7 Å². The molecule has 2 aromatic carbocycles. The second-order valence-electron chi connectivity index (χ2n) is 4.83. The van der Waals surface area contributed by atoms with E-state index in [1.165, 1.54) is 0 Å². The van der Waals surface area contributed by atoms with Crippen molar-refractivity contribution in [1.29, 1.82) is 0 Å². The van der Waals surface area contributed by atoms with Crippen molar-refractivity contribution in [3.8, 4) is 0 Å². The van der Waals surface area contributed by atoms with Crippen LogP contribution >= 0.6 is 11.6 Å². The third kappa shape index (κ3) is 2.62. The smallest absolute Gasteiger partial charge is 0.146 e. The first-order valence-corrected chi connectivity index (χ1v) is 7.04. The van der Waals surface area contributed by atoms with Crippen molar-refractivity contribution in [3.63, 3.8) is 0 Å². The summed E-state index contributed by atoms with van der Waals surface area (Å²) in [7, 11) is 1.79. The maximum atomic E-state index is 14.2. The highest BCUT2D eigenvalue weighted by atomic mass is 35.5. The predicted molar refractivity (Wildman–Crippen MR) is 84.1 cm³/mol. The number of fused-ring (bicyclic) bond motifs is 1. The summed E-state index contributed by atoms with van der Waals surface area (Å²) in [5.74, 6) is -0.397. The molecule has 0 bridgehead atoms. The van der Waals surface area contributed by atoms with Gasteiger partial charge >= 0.3 is 0 Å². The number of rotatable bonds is 3. The van der Waals surface area contributed by atoms with E-state index in [1.54, 1.807) is 31.4 Å². The molecule has 1 aromatic heterocycles. The molecule has 0 aliphatic carbocycles. The summed E-state index contributed by atoms with van der Waals surface area (Å²) in [4.78, 5) is 4.43. The lowest BCUT2D eigenvalue weighted by molar-refractivity contribution is 0.576. The summed E-state index contributed by atoms with van der Waals surface area (Å²) in [6, 6.07) is 14.6. The number of nitrogens with one attached hydrogen (secondary N) is 1. The normalized spacial score (nSPS) is 12.5. The van der Waals surface area contributed by atoms with Crippen molar-refractivity contribution in [2.75, 3.05) is 7.05 Å². The van der Waals surface area contributed by atoms with Crippen LogP contribution in [-0.2, 0) is 0 Å². The van der Waals surface area contributed by atoms with Crippen LogP contribution in [0.25, 0.3) is 10.9 Å². The molecule has 0 amide bonds. The molecule has 0 aliphatic rings. The number of pyridine rings is 1. The first-order valence-electron chi connectivity index (χ1n) is 6.66. The van der Waals surface area contributed by atoms with Crippen LogP contribution in [0, 0.1) is 5.82 Å². The lowest BCUT2D eigenvalue weighted by Crippen LogP contribution is -2.19. The van der Waals surface area contributed by atoms with Gasteiger partial charge in [0.2, 0.25) is 0 Å². The highest BCUT2D eigenvalue weighted by Crippen LogP contribution is 2.28. The third-order valence-corrected chi connectivity index (χ3v) is 3.82. The van der Waals surface area contributed by atoms with Gasteiger partial charge in [0, 0.05) is 17.1 Å². The monoisotopic (exact) mass is 300 g/mol. The number of hydrogen-bond acceptors (Lipinski definition) is 2. The van der Waals surface area contributed by atoms with E-state index in [9.17, 15) is 4.39 Å². The minimum Gasteiger partial charge on any atom is -0.309 e. The number of nitrogens with zero attached hydrogens (tertiary/aromatic N) is 1. The molecule has 1 N–H and O–H groups in total. The average Bonchev–Trinajstić information content (AvgIpc) is 2.52.